The predicted octanol–water partition coefficient (Wildman–Crippen LogP) is 9.48. The number of aromatic nitrogens is 4. The van der Waals surface area contributed by atoms with Gasteiger partial charge in [0, 0.05) is 32.4 Å². The van der Waals surface area contributed by atoms with E-state index in [1.54, 1.807) is 36.7 Å². The number of Topliss-reactive ketones (excluding diaryl/α,β-unsaturated/α-hetero) is 1. The number of rotatable bonds is 4. The molecule has 0 saturated heterocycles. The predicted molar refractivity (Wildman–Crippen MR) is 176 cm³/mol. The molecule has 0 aliphatic carbocycles. The van der Waals surface area contributed by atoms with Gasteiger partial charge in [-0.05, 0) is 84.6 Å². The first-order chi connectivity index (χ1) is 20.5. The van der Waals surface area contributed by atoms with Crippen molar-refractivity contribution in [3.05, 3.63) is 125 Å². The van der Waals surface area contributed by atoms with Crippen LogP contribution < -0.4 is 0 Å². The van der Waals surface area contributed by atoms with Crippen molar-refractivity contribution in [3.63, 3.8) is 0 Å². The Labute approximate surface area is 256 Å². The van der Waals surface area contributed by atoms with Gasteiger partial charge in [0.05, 0.1) is 22.1 Å². The highest BCUT2D eigenvalue weighted by Crippen LogP contribution is 2.28. The van der Waals surface area contributed by atoms with Crippen LogP contribution >= 0.6 is 27.3 Å². The quantitative estimate of drug-likeness (QED) is 0.195. The molecule has 7 rings (SSSR count). The third-order valence-electron chi connectivity index (χ3n) is 6.50. The van der Waals surface area contributed by atoms with Crippen LogP contribution in [0.1, 0.15) is 31.1 Å². The minimum atomic E-state index is 0.0566. The van der Waals surface area contributed by atoms with E-state index in [1.807, 2.05) is 73.3 Å². The summed E-state index contributed by atoms with van der Waals surface area (Å²) in [5.41, 5.74) is 7.57. The summed E-state index contributed by atoms with van der Waals surface area (Å²) in [7, 11) is 0. The number of hydrogen-bond acceptors (Lipinski definition) is 5. The number of thiophene rings is 1. The van der Waals surface area contributed by atoms with Crippen LogP contribution in [0.2, 0.25) is 0 Å². The van der Waals surface area contributed by atoms with Gasteiger partial charge in [-0.1, -0.05) is 54.0 Å². The maximum atomic E-state index is 11.5. The molecular formula is C34H29BrN4O2S. The van der Waals surface area contributed by atoms with Gasteiger partial charge < -0.3 is 5.11 Å². The van der Waals surface area contributed by atoms with E-state index in [1.165, 1.54) is 10.4 Å². The van der Waals surface area contributed by atoms with Gasteiger partial charge in [-0.25, -0.2) is 9.97 Å². The van der Waals surface area contributed by atoms with Gasteiger partial charge in [-0.2, -0.15) is 0 Å². The lowest BCUT2D eigenvalue weighted by atomic mass is 10.1. The summed E-state index contributed by atoms with van der Waals surface area (Å²) in [6, 6.07) is 31.4. The summed E-state index contributed by atoms with van der Waals surface area (Å²) in [5.74, 6) is 0.290. The lowest BCUT2D eigenvalue weighted by molar-refractivity contribution is 0.101. The fourth-order valence-electron chi connectivity index (χ4n) is 4.52. The molecule has 6 nitrogen and oxygen atoms in total. The van der Waals surface area contributed by atoms with E-state index in [4.69, 9.17) is 0 Å². The summed E-state index contributed by atoms with van der Waals surface area (Å²) in [6.45, 7) is 5.57. The van der Waals surface area contributed by atoms with Gasteiger partial charge in [0.25, 0.3) is 0 Å². The first-order valence-electron chi connectivity index (χ1n) is 13.5. The highest BCUT2D eigenvalue weighted by Gasteiger charge is 2.09. The largest absolute Gasteiger partial charge is 0.508 e. The number of hydrogen-bond donors (Lipinski definition) is 1. The SMILES string of the molecule is CC.CC(=O)c1ccc2c(c1)ncn2-c1cccc(-c2cccs2)c1.Oc1ccc2c(c1)ncn2-c1cccc(Br)c1. The number of imidazole rings is 2. The van der Waals surface area contributed by atoms with Gasteiger partial charge in [-0.15, -0.1) is 11.3 Å². The van der Waals surface area contributed by atoms with E-state index in [-0.39, 0.29) is 11.5 Å². The zero-order chi connectivity index (χ0) is 29.6. The maximum Gasteiger partial charge on any atom is 0.159 e. The zero-order valence-corrected chi connectivity index (χ0v) is 25.8. The molecule has 0 aliphatic heterocycles. The topological polar surface area (TPSA) is 72.9 Å². The number of carbonyl (C=O) groups is 1. The molecule has 0 amide bonds. The molecule has 3 heterocycles. The van der Waals surface area contributed by atoms with E-state index in [2.05, 4.69) is 72.2 Å². The maximum absolute atomic E-state index is 11.5. The van der Waals surface area contributed by atoms with E-state index >= 15 is 0 Å². The van der Waals surface area contributed by atoms with Crippen molar-refractivity contribution in [3.8, 4) is 27.6 Å². The van der Waals surface area contributed by atoms with Crippen LogP contribution in [0.5, 0.6) is 5.75 Å². The Balaban J connectivity index is 0.000000165. The third-order valence-corrected chi connectivity index (χ3v) is 7.91. The van der Waals surface area contributed by atoms with Crippen LogP contribution in [0.4, 0.5) is 0 Å². The minimum absolute atomic E-state index is 0.0566. The molecule has 7 aromatic rings. The molecular weight excluding hydrogens is 608 g/mol. The molecule has 3 aromatic heterocycles. The smallest absolute Gasteiger partial charge is 0.159 e. The standard InChI is InChI=1S/C19H14N2OS.C13H9BrN2O.C2H6/c1-13(22)14-7-8-18-17(11-14)20-12-21(18)16-5-2-4-15(10-16)19-6-3-9-23-19;14-9-2-1-3-10(6-9)16-8-15-12-7-11(17)4-5-13(12)16;1-2/h2-12H,1H3;1-8,17H;1-2H3. The fourth-order valence-corrected chi connectivity index (χ4v) is 5.63. The summed E-state index contributed by atoms with van der Waals surface area (Å²) in [5, 5.41) is 11.5. The molecule has 0 saturated carbocycles. The van der Waals surface area contributed by atoms with E-state index < -0.39 is 0 Å². The molecule has 42 heavy (non-hydrogen) atoms. The molecule has 4 aromatic carbocycles. The Morgan fingerprint density at radius 2 is 1.40 bits per heavy atom. The lowest BCUT2D eigenvalue weighted by Gasteiger charge is -2.07. The highest BCUT2D eigenvalue weighted by atomic mass is 79.9. The van der Waals surface area contributed by atoms with Crippen molar-refractivity contribution in [1.82, 2.24) is 19.1 Å². The Bertz CT molecular complexity index is 1980. The second-order valence-corrected chi connectivity index (χ2v) is 11.0. The van der Waals surface area contributed by atoms with E-state index in [0.717, 1.165) is 37.9 Å². The number of fused-ring (bicyclic) bond motifs is 2. The van der Waals surface area contributed by atoms with Gasteiger partial charge in [0.1, 0.15) is 18.4 Å². The Hall–Kier alpha value is -4.53. The summed E-state index contributed by atoms with van der Waals surface area (Å²) >= 11 is 5.18. The summed E-state index contributed by atoms with van der Waals surface area (Å²) in [4.78, 5) is 21.5. The van der Waals surface area contributed by atoms with Crippen molar-refractivity contribution >= 4 is 55.1 Å². The molecule has 0 fully saturated rings. The highest BCUT2D eigenvalue weighted by molar-refractivity contribution is 9.10. The lowest BCUT2D eigenvalue weighted by Crippen LogP contribution is -1.94. The average Bonchev–Trinajstić information content (AvgIpc) is 3.78. The van der Waals surface area contributed by atoms with Crippen LogP contribution in [0, 0.1) is 0 Å². The number of halogens is 1. The number of ketones is 1. The van der Waals surface area contributed by atoms with Gasteiger partial charge >= 0.3 is 0 Å². The molecule has 210 valence electrons. The minimum Gasteiger partial charge on any atom is -0.508 e. The van der Waals surface area contributed by atoms with Crippen LogP contribution in [-0.2, 0) is 0 Å². The molecule has 8 heteroatoms. The van der Waals surface area contributed by atoms with E-state index in [0.29, 0.717) is 5.56 Å². The molecule has 1 N–H and O–H groups in total. The van der Waals surface area contributed by atoms with Gasteiger partial charge in [0.15, 0.2) is 5.78 Å². The monoisotopic (exact) mass is 636 g/mol. The Morgan fingerprint density at radius 3 is 2.05 bits per heavy atom. The Kier molecular flexibility index (Phi) is 8.95. The second kappa shape index (κ2) is 13.0. The van der Waals surface area contributed by atoms with Crippen molar-refractivity contribution < 1.29 is 9.90 Å². The first kappa shape index (κ1) is 29.0. The molecule has 0 spiro atoms. The average molecular weight is 638 g/mol. The van der Waals surface area contributed by atoms with Crippen LogP contribution in [0.25, 0.3) is 43.9 Å². The van der Waals surface area contributed by atoms with Crippen molar-refractivity contribution in [2.75, 3.05) is 0 Å². The fraction of sp³-hybridized carbons (Fsp3) is 0.0882. The second-order valence-electron chi connectivity index (χ2n) is 9.17. The zero-order valence-electron chi connectivity index (χ0n) is 23.4. The van der Waals surface area contributed by atoms with Crippen LogP contribution in [0.15, 0.2) is 120 Å². The van der Waals surface area contributed by atoms with Crippen molar-refractivity contribution in [2.45, 2.75) is 20.8 Å². The molecule has 0 radical (unpaired) electrons. The molecule has 0 aliphatic rings. The number of benzene rings is 4. The molecule has 0 bridgehead atoms. The number of phenols is 1. The van der Waals surface area contributed by atoms with Crippen molar-refractivity contribution in [1.29, 1.82) is 0 Å². The van der Waals surface area contributed by atoms with Crippen LogP contribution in [0.3, 0.4) is 0 Å². The van der Waals surface area contributed by atoms with Crippen molar-refractivity contribution in [2.24, 2.45) is 0 Å². The molecule has 0 atom stereocenters. The molecule has 0 unspecified atom stereocenters. The Morgan fingerprint density at radius 1 is 0.762 bits per heavy atom. The normalized spacial score (nSPS) is 10.6. The third kappa shape index (κ3) is 6.20. The first-order valence-corrected chi connectivity index (χ1v) is 15.2. The van der Waals surface area contributed by atoms with Gasteiger partial charge in [-0.3, -0.25) is 13.9 Å². The van der Waals surface area contributed by atoms with Gasteiger partial charge in [0.2, 0.25) is 0 Å². The summed E-state index contributed by atoms with van der Waals surface area (Å²) in [6.07, 6.45) is 3.56. The number of phenolic OH excluding ortho intramolecular Hbond substituents is 1. The number of nitrogens with zero attached hydrogens (tertiary/aromatic N) is 4. The number of aromatic hydroxyl groups is 1. The van der Waals surface area contributed by atoms with Crippen LogP contribution in [-0.4, -0.2) is 30.0 Å². The number of carbonyl (C=O) groups excluding carboxylic acids is 1. The van der Waals surface area contributed by atoms with E-state index in [9.17, 15) is 9.90 Å². The summed E-state index contributed by atoms with van der Waals surface area (Å²) < 4.78 is 5.06.